The standard InChI is InChI=1S/C63H77N3O13S/c1-3-5-6-13-38-66(63-65-56-18-11-12-19-57(56)80-63)64-44-48-43-54(36-37-55(48)62(72)78-52-30-24-46(25-31-52)60(70)77-53-34-32-50(33-35-53)74-40-15-8-7-14-39-67)79-61(71)47-22-28-51(29-23-47)76-59(69)45-20-26-49(27-21-45)73-41-16-9-10-17-42-75-58(68)4-2/h4,11-12,18-21,26-27,32-37,43-44,46-47,51-52,67H,2-3,5-10,13-17,22-25,28-31,38-42H2,1H3/b64-44+. The lowest BCUT2D eigenvalue weighted by molar-refractivity contribution is -0.141. The molecule has 80 heavy (non-hydrogen) atoms. The molecule has 0 bridgehead atoms. The van der Waals surface area contributed by atoms with Gasteiger partial charge in [0, 0.05) is 24.8 Å². The first-order chi connectivity index (χ1) is 39.1. The van der Waals surface area contributed by atoms with Gasteiger partial charge in [0.2, 0.25) is 5.13 Å². The summed E-state index contributed by atoms with van der Waals surface area (Å²) >= 11 is 1.54. The van der Waals surface area contributed by atoms with E-state index in [2.05, 4.69) is 13.5 Å². The van der Waals surface area contributed by atoms with Crippen molar-refractivity contribution in [3.8, 4) is 23.0 Å². The van der Waals surface area contributed by atoms with Gasteiger partial charge in [0.05, 0.1) is 59.2 Å². The quantitative estimate of drug-likeness (QED) is 0.00810. The summed E-state index contributed by atoms with van der Waals surface area (Å²) in [6, 6.07) is 26.6. The maximum absolute atomic E-state index is 14.1. The number of hydrazone groups is 1. The summed E-state index contributed by atoms with van der Waals surface area (Å²) in [5.41, 5.74) is 1.93. The number of unbranched alkanes of at least 4 members (excludes halogenated alkanes) is 9. The highest BCUT2D eigenvalue weighted by molar-refractivity contribution is 7.22. The monoisotopic (exact) mass is 1120 g/mol. The number of para-hydroxylation sites is 1. The van der Waals surface area contributed by atoms with Gasteiger partial charge in [0.25, 0.3) is 0 Å². The topological polar surface area (TPSA) is 199 Å². The van der Waals surface area contributed by atoms with Crippen LogP contribution >= 0.6 is 11.3 Å². The number of hydrogen-bond acceptors (Lipinski definition) is 17. The molecule has 0 aliphatic heterocycles. The summed E-state index contributed by atoms with van der Waals surface area (Å²) in [7, 11) is 0. The molecule has 2 fully saturated rings. The molecule has 0 atom stereocenters. The molecular weight excluding hydrogens is 1040 g/mol. The molecular formula is C63H77N3O13S. The van der Waals surface area contributed by atoms with E-state index in [-0.39, 0.29) is 35.9 Å². The summed E-state index contributed by atoms with van der Waals surface area (Å²) < 4.78 is 41.4. The number of ether oxygens (including phenoxy) is 7. The molecule has 7 rings (SSSR count). The molecule has 0 radical (unpaired) electrons. The minimum atomic E-state index is -0.556. The van der Waals surface area contributed by atoms with Crippen LogP contribution < -0.4 is 24.0 Å². The fraction of sp³-hybridized carbons (Fsp3) is 0.476. The van der Waals surface area contributed by atoms with E-state index in [1.165, 1.54) is 11.3 Å². The smallest absolute Gasteiger partial charge is 0.339 e. The highest BCUT2D eigenvalue weighted by atomic mass is 32.1. The minimum absolute atomic E-state index is 0.203. The zero-order valence-corrected chi connectivity index (χ0v) is 46.9. The Balaban J connectivity index is 0.930. The van der Waals surface area contributed by atoms with Crippen molar-refractivity contribution in [3.05, 3.63) is 120 Å². The first kappa shape index (κ1) is 60.5. The fourth-order valence-electron chi connectivity index (χ4n) is 9.58. The molecule has 2 saturated carbocycles. The Labute approximate surface area is 473 Å². The molecule has 5 aromatic rings. The molecule has 4 aromatic carbocycles. The van der Waals surface area contributed by atoms with Crippen LogP contribution in [-0.2, 0) is 28.6 Å². The summed E-state index contributed by atoms with van der Waals surface area (Å²) in [5.74, 6) is -0.891. The third-order valence-corrected chi connectivity index (χ3v) is 15.3. The Bertz CT molecular complexity index is 2750. The van der Waals surface area contributed by atoms with Crippen molar-refractivity contribution < 1.29 is 62.2 Å². The Morgan fingerprint density at radius 3 is 1.80 bits per heavy atom. The van der Waals surface area contributed by atoms with Crippen molar-refractivity contribution >= 4 is 62.7 Å². The number of esters is 5. The van der Waals surface area contributed by atoms with Gasteiger partial charge in [-0.25, -0.2) is 24.4 Å². The second kappa shape index (κ2) is 32.8. The van der Waals surface area contributed by atoms with Crippen LogP contribution in [0.5, 0.6) is 23.0 Å². The number of benzene rings is 4. The Morgan fingerprint density at radius 1 is 0.637 bits per heavy atom. The summed E-state index contributed by atoms with van der Waals surface area (Å²) in [6.07, 6.45) is 17.0. The van der Waals surface area contributed by atoms with Gasteiger partial charge >= 0.3 is 29.8 Å². The second-order valence-electron chi connectivity index (χ2n) is 20.4. The number of carbonyl (C=O) groups is 5. The van der Waals surface area contributed by atoms with E-state index in [1.807, 2.05) is 29.3 Å². The number of hydrogen-bond donors (Lipinski definition) is 1. The molecule has 428 valence electrons. The van der Waals surface area contributed by atoms with E-state index in [4.69, 9.17) is 48.3 Å². The average molecular weight is 1120 g/mol. The predicted octanol–water partition coefficient (Wildman–Crippen LogP) is 13.0. The molecule has 0 spiro atoms. The number of thiazole rings is 1. The van der Waals surface area contributed by atoms with Crippen molar-refractivity contribution in [2.45, 2.75) is 148 Å². The van der Waals surface area contributed by atoms with Crippen molar-refractivity contribution in [3.63, 3.8) is 0 Å². The number of aromatic nitrogens is 1. The van der Waals surface area contributed by atoms with Crippen LogP contribution in [0.15, 0.2) is 109 Å². The van der Waals surface area contributed by atoms with E-state index in [1.54, 1.807) is 72.9 Å². The first-order valence-corrected chi connectivity index (χ1v) is 29.4. The maximum atomic E-state index is 14.1. The lowest BCUT2D eigenvalue weighted by Gasteiger charge is -2.27. The van der Waals surface area contributed by atoms with E-state index >= 15 is 0 Å². The SMILES string of the molecule is C=CC(=O)OCCCCCCOc1ccc(C(=O)OC2CCC(C(=O)Oc3ccc(C(=O)OC4CCC(C(=O)Oc5ccc(OCCCCCCO)cc5)CC4)c(/C=N/N(CCCCCC)c4nc5ccccc5s4)c3)CC2)cc1. The van der Waals surface area contributed by atoms with Crippen LogP contribution in [0.2, 0.25) is 0 Å². The predicted molar refractivity (Wildman–Crippen MR) is 308 cm³/mol. The molecule has 2 aliphatic rings. The van der Waals surface area contributed by atoms with Gasteiger partial charge in [-0.1, -0.05) is 62.7 Å². The number of fused-ring (bicyclic) bond motifs is 1. The largest absolute Gasteiger partial charge is 0.494 e. The van der Waals surface area contributed by atoms with Gasteiger partial charge in [-0.2, -0.15) is 5.10 Å². The first-order valence-electron chi connectivity index (χ1n) is 28.6. The molecule has 0 unspecified atom stereocenters. The highest BCUT2D eigenvalue weighted by Crippen LogP contribution is 2.33. The van der Waals surface area contributed by atoms with Crippen molar-refractivity contribution in [2.75, 3.05) is 38.0 Å². The van der Waals surface area contributed by atoms with Gasteiger partial charge in [-0.3, -0.25) is 9.59 Å². The summed E-state index contributed by atoms with van der Waals surface area (Å²) in [4.78, 5) is 70.3. The van der Waals surface area contributed by atoms with Gasteiger partial charge < -0.3 is 38.3 Å². The number of carbonyl (C=O) groups excluding carboxylic acids is 5. The maximum Gasteiger partial charge on any atom is 0.339 e. The Morgan fingerprint density at radius 2 is 1.19 bits per heavy atom. The Kier molecular flexibility index (Phi) is 24.8. The minimum Gasteiger partial charge on any atom is -0.494 e. The number of rotatable bonds is 32. The van der Waals surface area contributed by atoms with Crippen LogP contribution in [0.3, 0.4) is 0 Å². The van der Waals surface area contributed by atoms with Gasteiger partial charge in [0.1, 0.15) is 35.2 Å². The molecule has 1 aromatic heterocycles. The highest BCUT2D eigenvalue weighted by Gasteiger charge is 2.32. The van der Waals surface area contributed by atoms with Crippen LogP contribution in [-0.4, -0.2) is 91.3 Å². The van der Waals surface area contributed by atoms with Crippen molar-refractivity contribution in [1.29, 1.82) is 0 Å². The third-order valence-electron chi connectivity index (χ3n) is 14.3. The molecule has 0 amide bonds. The molecule has 16 nitrogen and oxygen atoms in total. The van der Waals surface area contributed by atoms with Gasteiger partial charge in [-0.15, -0.1) is 0 Å². The molecule has 2 aliphatic carbocycles. The Hall–Kier alpha value is -7.11. The summed E-state index contributed by atoms with van der Waals surface area (Å²) in [5, 5.41) is 16.5. The zero-order valence-electron chi connectivity index (χ0n) is 46.1. The van der Waals surface area contributed by atoms with E-state index < -0.39 is 35.9 Å². The van der Waals surface area contributed by atoms with E-state index in [0.717, 1.165) is 98.5 Å². The molecule has 1 N–H and O–H groups in total. The van der Waals surface area contributed by atoms with Crippen LogP contribution in [0, 0.1) is 11.8 Å². The summed E-state index contributed by atoms with van der Waals surface area (Å²) in [6.45, 7) is 7.83. The normalized spacial score (nSPS) is 17.1. The molecule has 1 heterocycles. The van der Waals surface area contributed by atoms with Crippen LogP contribution in [0.4, 0.5) is 5.13 Å². The second-order valence-corrected chi connectivity index (χ2v) is 21.4. The number of aliphatic hydroxyl groups excluding tert-OH is 1. The van der Waals surface area contributed by atoms with Gasteiger partial charge in [-0.05, 0) is 182 Å². The lowest BCUT2D eigenvalue weighted by Crippen LogP contribution is -2.30. The van der Waals surface area contributed by atoms with E-state index in [0.29, 0.717) is 106 Å². The van der Waals surface area contributed by atoms with Crippen LogP contribution in [0.25, 0.3) is 10.2 Å². The van der Waals surface area contributed by atoms with Gasteiger partial charge in [0.15, 0.2) is 0 Å². The molecule has 0 saturated heterocycles. The fourth-order valence-corrected chi connectivity index (χ4v) is 10.5. The zero-order chi connectivity index (χ0) is 56.3. The van der Waals surface area contributed by atoms with Crippen molar-refractivity contribution in [2.24, 2.45) is 16.9 Å². The van der Waals surface area contributed by atoms with Crippen LogP contribution in [0.1, 0.15) is 162 Å². The average Bonchev–Trinajstić information content (AvgIpc) is 3.93. The molecule has 17 heteroatoms. The lowest BCUT2D eigenvalue weighted by atomic mass is 9.87. The van der Waals surface area contributed by atoms with E-state index in [9.17, 15) is 24.0 Å². The third kappa shape index (κ3) is 19.6. The number of aliphatic hydroxyl groups is 1. The number of nitrogens with zero attached hydrogens (tertiary/aromatic N) is 3. The number of anilines is 1. The van der Waals surface area contributed by atoms with Crippen molar-refractivity contribution in [1.82, 2.24) is 4.98 Å².